The van der Waals surface area contributed by atoms with Crippen LogP contribution in [0.15, 0.2) is 12.1 Å². The van der Waals surface area contributed by atoms with Crippen molar-refractivity contribution in [1.82, 2.24) is 0 Å². The molecule has 0 spiro atoms. The second-order valence-corrected chi connectivity index (χ2v) is 3.44. The van der Waals surface area contributed by atoms with Gasteiger partial charge in [-0.15, -0.1) is 0 Å². The Morgan fingerprint density at radius 1 is 1.55 bits per heavy atom. The van der Waals surface area contributed by atoms with Gasteiger partial charge in [0, 0.05) is 9.13 Å². The van der Waals surface area contributed by atoms with Gasteiger partial charge in [0.1, 0.15) is 5.75 Å². The van der Waals surface area contributed by atoms with Gasteiger partial charge in [-0.3, -0.25) is 4.79 Å². The lowest BCUT2D eigenvalue weighted by Crippen LogP contribution is -1.87. The van der Waals surface area contributed by atoms with E-state index < -0.39 is 0 Å². The number of hydrogen-bond donors (Lipinski definition) is 1. The van der Waals surface area contributed by atoms with Gasteiger partial charge in [0.15, 0.2) is 6.29 Å². The molecule has 0 bridgehead atoms. The molecule has 1 rings (SSSR count). The molecule has 0 saturated heterocycles. The van der Waals surface area contributed by atoms with Crippen molar-refractivity contribution in [2.24, 2.45) is 0 Å². The molecule has 0 aliphatic heterocycles. The van der Waals surface area contributed by atoms with E-state index in [1.165, 1.54) is 6.07 Å². The van der Waals surface area contributed by atoms with Crippen molar-refractivity contribution in [1.29, 1.82) is 0 Å². The predicted molar refractivity (Wildman–Crippen MR) is 50.9 cm³/mol. The van der Waals surface area contributed by atoms with Crippen LogP contribution in [-0.4, -0.2) is 11.4 Å². The smallest absolute Gasteiger partial charge is 0.151 e. The van der Waals surface area contributed by atoms with Crippen LogP contribution in [0.1, 0.15) is 15.9 Å². The SMILES string of the molecule is Cc1cc(I)c(C=O)cc1O. The Bertz CT molecular complexity index is 294. The first-order chi connectivity index (χ1) is 5.15. The number of phenols is 1. The molecule has 0 radical (unpaired) electrons. The molecule has 3 heteroatoms. The van der Waals surface area contributed by atoms with E-state index in [0.29, 0.717) is 5.56 Å². The molecule has 0 unspecified atom stereocenters. The molecule has 0 aromatic heterocycles. The molecule has 0 heterocycles. The number of hydrogen-bond acceptors (Lipinski definition) is 2. The first-order valence-electron chi connectivity index (χ1n) is 3.09. The Labute approximate surface area is 78.4 Å². The Hall–Kier alpha value is -0.580. The molecule has 0 aliphatic carbocycles. The average Bonchev–Trinajstić information content (AvgIpc) is 1.97. The van der Waals surface area contributed by atoms with E-state index in [4.69, 9.17) is 0 Å². The summed E-state index contributed by atoms with van der Waals surface area (Å²) in [6.45, 7) is 1.80. The molecule has 58 valence electrons. The van der Waals surface area contributed by atoms with Gasteiger partial charge < -0.3 is 5.11 Å². The summed E-state index contributed by atoms with van der Waals surface area (Å²) in [7, 11) is 0. The summed E-state index contributed by atoms with van der Waals surface area (Å²) in [4.78, 5) is 10.4. The summed E-state index contributed by atoms with van der Waals surface area (Å²) < 4.78 is 0.868. The fourth-order valence-corrected chi connectivity index (χ4v) is 1.52. The van der Waals surface area contributed by atoms with Crippen LogP contribution in [0.3, 0.4) is 0 Å². The maximum Gasteiger partial charge on any atom is 0.151 e. The van der Waals surface area contributed by atoms with Crippen LogP contribution in [-0.2, 0) is 0 Å². The van der Waals surface area contributed by atoms with E-state index in [-0.39, 0.29) is 5.75 Å². The molecular weight excluding hydrogens is 255 g/mol. The molecule has 0 fully saturated rings. The van der Waals surface area contributed by atoms with Crippen molar-refractivity contribution in [3.63, 3.8) is 0 Å². The van der Waals surface area contributed by atoms with Crippen molar-refractivity contribution < 1.29 is 9.90 Å². The molecule has 11 heavy (non-hydrogen) atoms. The zero-order valence-corrected chi connectivity index (χ0v) is 8.12. The highest BCUT2D eigenvalue weighted by molar-refractivity contribution is 14.1. The van der Waals surface area contributed by atoms with E-state index in [0.717, 1.165) is 15.4 Å². The summed E-state index contributed by atoms with van der Waals surface area (Å²) in [5.41, 5.74) is 1.33. The number of carbonyl (C=O) groups is 1. The van der Waals surface area contributed by atoms with Crippen LogP contribution < -0.4 is 0 Å². The van der Waals surface area contributed by atoms with Gasteiger partial charge in [-0.05, 0) is 47.2 Å². The van der Waals surface area contributed by atoms with Gasteiger partial charge in [-0.2, -0.15) is 0 Å². The minimum Gasteiger partial charge on any atom is -0.508 e. The third kappa shape index (κ3) is 1.71. The molecule has 0 amide bonds. The largest absolute Gasteiger partial charge is 0.508 e. The van der Waals surface area contributed by atoms with Gasteiger partial charge in [-0.1, -0.05) is 0 Å². The molecule has 2 nitrogen and oxygen atoms in total. The number of rotatable bonds is 1. The highest BCUT2D eigenvalue weighted by Crippen LogP contribution is 2.21. The van der Waals surface area contributed by atoms with Gasteiger partial charge in [0.2, 0.25) is 0 Å². The van der Waals surface area contributed by atoms with Crippen LogP contribution >= 0.6 is 22.6 Å². The van der Waals surface area contributed by atoms with E-state index in [2.05, 4.69) is 22.6 Å². The Morgan fingerprint density at radius 3 is 2.73 bits per heavy atom. The number of halogens is 1. The van der Waals surface area contributed by atoms with Crippen molar-refractivity contribution >= 4 is 28.9 Å². The van der Waals surface area contributed by atoms with E-state index >= 15 is 0 Å². The zero-order valence-electron chi connectivity index (χ0n) is 5.97. The highest BCUT2D eigenvalue weighted by atomic mass is 127. The Morgan fingerprint density at radius 2 is 2.18 bits per heavy atom. The fraction of sp³-hybridized carbons (Fsp3) is 0.125. The van der Waals surface area contributed by atoms with Crippen LogP contribution in [0, 0.1) is 10.5 Å². The summed E-state index contributed by atoms with van der Waals surface area (Å²) in [5.74, 6) is 0.174. The maximum absolute atomic E-state index is 10.4. The van der Waals surface area contributed by atoms with Crippen LogP contribution in [0.2, 0.25) is 0 Å². The van der Waals surface area contributed by atoms with Crippen LogP contribution in [0.25, 0.3) is 0 Å². The summed E-state index contributed by atoms with van der Waals surface area (Å²) in [6.07, 6.45) is 0.737. The monoisotopic (exact) mass is 262 g/mol. The van der Waals surface area contributed by atoms with Gasteiger partial charge in [-0.25, -0.2) is 0 Å². The molecule has 0 aliphatic rings. The summed E-state index contributed by atoms with van der Waals surface area (Å²) >= 11 is 2.06. The first-order valence-corrected chi connectivity index (χ1v) is 4.17. The lowest BCUT2D eigenvalue weighted by Gasteiger charge is -2.00. The average molecular weight is 262 g/mol. The van der Waals surface area contributed by atoms with Crippen molar-refractivity contribution in [2.45, 2.75) is 6.92 Å². The quantitative estimate of drug-likeness (QED) is 0.621. The van der Waals surface area contributed by atoms with E-state index in [9.17, 15) is 9.90 Å². The number of aryl methyl sites for hydroxylation is 1. The first kappa shape index (κ1) is 8.52. The summed E-state index contributed by atoms with van der Waals surface area (Å²) in [6, 6.07) is 3.25. The van der Waals surface area contributed by atoms with Crippen LogP contribution in [0.5, 0.6) is 5.75 Å². The second kappa shape index (κ2) is 3.21. The molecule has 0 saturated carbocycles. The van der Waals surface area contributed by atoms with Crippen LogP contribution in [0.4, 0.5) is 0 Å². The maximum atomic E-state index is 10.4. The lowest BCUT2D eigenvalue weighted by molar-refractivity contribution is 0.112. The molecule has 1 N–H and O–H groups in total. The number of phenolic OH excluding ortho intramolecular Hbond substituents is 1. The third-order valence-electron chi connectivity index (χ3n) is 1.44. The Kier molecular flexibility index (Phi) is 2.49. The van der Waals surface area contributed by atoms with E-state index in [1.807, 2.05) is 0 Å². The number of benzene rings is 1. The topological polar surface area (TPSA) is 37.3 Å². The van der Waals surface area contributed by atoms with Gasteiger partial charge in [0.25, 0.3) is 0 Å². The minimum atomic E-state index is 0.174. The minimum absolute atomic E-state index is 0.174. The van der Waals surface area contributed by atoms with E-state index in [1.54, 1.807) is 13.0 Å². The highest BCUT2D eigenvalue weighted by Gasteiger charge is 2.02. The van der Waals surface area contributed by atoms with Crippen molar-refractivity contribution in [2.75, 3.05) is 0 Å². The number of carbonyl (C=O) groups excluding carboxylic acids is 1. The van der Waals surface area contributed by atoms with Crippen molar-refractivity contribution in [3.8, 4) is 5.75 Å². The van der Waals surface area contributed by atoms with Crippen molar-refractivity contribution in [3.05, 3.63) is 26.8 Å². The lowest BCUT2D eigenvalue weighted by atomic mass is 10.1. The summed E-state index contributed by atoms with van der Waals surface area (Å²) in [5, 5.41) is 9.19. The molecule has 1 aromatic carbocycles. The Balaban J connectivity index is 3.31. The number of aldehydes is 1. The number of aromatic hydroxyl groups is 1. The molecule has 0 atom stereocenters. The standard InChI is InChI=1S/C8H7IO2/c1-5-2-7(9)6(4-10)3-8(5)11/h2-4,11H,1H3. The predicted octanol–water partition coefficient (Wildman–Crippen LogP) is 2.12. The third-order valence-corrected chi connectivity index (χ3v) is 2.38. The zero-order chi connectivity index (χ0) is 8.43. The van der Waals surface area contributed by atoms with Gasteiger partial charge in [0.05, 0.1) is 0 Å². The molecule has 1 aromatic rings. The fourth-order valence-electron chi connectivity index (χ4n) is 0.768. The second-order valence-electron chi connectivity index (χ2n) is 2.28. The van der Waals surface area contributed by atoms with Gasteiger partial charge >= 0.3 is 0 Å². The molecular formula is C8H7IO2. The normalized spacial score (nSPS) is 9.64.